The Morgan fingerprint density at radius 1 is 1.29 bits per heavy atom. The summed E-state index contributed by atoms with van der Waals surface area (Å²) in [5.74, 6) is -1.05. The zero-order chi connectivity index (χ0) is 21.1. The number of nitrogens with zero attached hydrogens (tertiary/aromatic N) is 1. The third-order valence-corrected chi connectivity index (χ3v) is 6.51. The highest BCUT2D eigenvalue weighted by Crippen LogP contribution is 2.28. The Hall–Kier alpha value is -1.97. The lowest BCUT2D eigenvalue weighted by Crippen LogP contribution is -2.42. The second-order valence-electron chi connectivity index (χ2n) is 7.53. The van der Waals surface area contributed by atoms with E-state index in [9.17, 15) is 23.1 Å². The van der Waals surface area contributed by atoms with Crippen LogP contribution in [-0.2, 0) is 24.3 Å². The number of carbonyl (C=O) groups excluding carboxylic acids is 2. The predicted molar refractivity (Wildman–Crippen MR) is 103 cm³/mol. The monoisotopic (exact) mass is 412 g/mol. The van der Waals surface area contributed by atoms with Crippen LogP contribution in [0.15, 0.2) is 23.1 Å². The Morgan fingerprint density at radius 3 is 2.57 bits per heavy atom. The predicted octanol–water partition coefficient (Wildman–Crippen LogP) is 0.743. The zero-order valence-corrected chi connectivity index (χ0v) is 17.5. The molecule has 9 heteroatoms. The van der Waals surface area contributed by atoms with Crippen molar-refractivity contribution in [1.29, 1.82) is 0 Å². The number of esters is 1. The summed E-state index contributed by atoms with van der Waals surface area (Å²) in [7, 11) is -3.99. The van der Waals surface area contributed by atoms with Gasteiger partial charge in [-0.2, -0.15) is 4.31 Å². The molecule has 1 heterocycles. The molecule has 0 aliphatic carbocycles. The van der Waals surface area contributed by atoms with Gasteiger partial charge in [-0.1, -0.05) is 19.9 Å². The summed E-state index contributed by atoms with van der Waals surface area (Å²) in [5, 5.41) is 12.6. The molecule has 1 aliphatic heterocycles. The molecular formula is C19H28N2O6S. The zero-order valence-electron chi connectivity index (χ0n) is 16.6. The third kappa shape index (κ3) is 5.30. The molecule has 8 nitrogen and oxygen atoms in total. The molecular weight excluding hydrogens is 384 g/mol. The summed E-state index contributed by atoms with van der Waals surface area (Å²) in [6.07, 6.45) is -1.05. The fraction of sp³-hybridized carbons (Fsp3) is 0.579. The summed E-state index contributed by atoms with van der Waals surface area (Å²) >= 11 is 0. The van der Waals surface area contributed by atoms with Gasteiger partial charge in [-0.3, -0.25) is 9.59 Å². The van der Waals surface area contributed by atoms with Crippen LogP contribution in [0.4, 0.5) is 0 Å². The molecule has 2 atom stereocenters. The first-order valence-corrected chi connectivity index (χ1v) is 10.7. The van der Waals surface area contributed by atoms with Crippen molar-refractivity contribution >= 4 is 21.9 Å². The molecule has 0 aromatic heterocycles. The van der Waals surface area contributed by atoms with E-state index >= 15 is 0 Å². The Labute approximate surface area is 165 Å². The van der Waals surface area contributed by atoms with Crippen LogP contribution in [0.3, 0.4) is 0 Å². The number of carbonyl (C=O) groups is 2. The minimum absolute atomic E-state index is 0.0529. The van der Waals surface area contributed by atoms with Crippen molar-refractivity contribution in [2.24, 2.45) is 5.92 Å². The van der Waals surface area contributed by atoms with Crippen molar-refractivity contribution in [3.8, 4) is 0 Å². The number of hydrogen-bond acceptors (Lipinski definition) is 6. The van der Waals surface area contributed by atoms with Gasteiger partial charge in [0.05, 0.1) is 11.0 Å². The lowest BCUT2D eigenvalue weighted by Gasteiger charge is -2.22. The molecule has 0 radical (unpaired) electrons. The third-order valence-electron chi connectivity index (χ3n) is 4.64. The van der Waals surface area contributed by atoms with Gasteiger partial charge in [0.1, 0.15) is 6.04 Å². The lowest BCUT2D eigenvalue weighted by molar-refractivity contribution is -0.151. The maximum absolute atomic E-state index is 13.0. The number of sulfonamides is 1. The first kappa shape index (κ1) is 22.3. The number of aliphatic hydroxyl groups excluding tert-OH is 1. The molecule has 2 N–H and O–H groups in total. The first-order valence-electron chi connectivity index (χ1n) is 9.23. The van der Waals surface area contributed by atoms with Gasteiger partial charge in [-0.05, 0) is 43.0 Å². The summed E-state index contributed by atoms with van der Waals surface area (Å²) in [4.78, 5) is 24.2. The van der Waals surface area contributed by atoms with E-state index in [1.807, 2.05) is 20.8 Å². The van der Waals surface area contributed by atoms with Gasteiger partial charge in [0.25, 0.3) is 5.91 Å². The van der Waals surface area contributed by atoms with Crippen LogP contribution < -0.4 is 5.32 Å². The molecule has 1 aromatic rings. The van der Waals surface area contributed by atoms with E-state index in [0.717, 1.165) is 15.4 Å². The van der Waals surface area contributed by atoms with Gasteiger partial charge < -0.3 is 15.2 Å². The summed E-state index contributed by atoms with van der Waals surface area (Å²) in [6, 6.07) is 3.54. The fourth-order valence-corrected chi connectivity index (χ4v) is 4.59. The highest BCUT2D eigenvalue weighted by molar-refractivity contribution is 7.89. The molecule has 1 amide bonds. The molecule has 156 valence electrons. The SMILES string of the molecule is Cc1ccc(S(=O)(=O)N2C[C@@H](O)C[C@H]2C(=O)OCC(=O)NCC(C)C)cc1C. The van der Waals surface area contributed by atoms with Gasteiger partial charge in [-0.25, -0.2) is 8.42 Å². The summed E-state index contributed by atoms with van der Waals surface area (Å²) in [6.45, 7) is 7.30. The van der Waals surface area contributed by atoms with Gasteiger partial charge >= 0.3 is 5.97 Å². The van der Waals surface area contributed by atoms with E-state index in [1.165, 1.54) is 12.1 Å². The van der Waals surface area contributed by atoms with Crippen molar-refractivity contribution in [1.82, 2.24) is 9.62 Å². The minimum atomic E-state index is -3.99. The van der Waals surface area contributed by atoms with Crippen molar-refractivity contribution in [3.05, 3.63) is 29.3 Å². The molecule has 28 heavy (non-hydrogen) atoms. The first-order chi connectivity index (χ1) is 13.0. The Morgan fingerprint density at radius 2 is 1.96 bits per heavy atom. The second-order valence-corrected chi connectivity index (χ2v) is 9.42. The number of benzene rings is 1. The second kappa shape index (κ2) is 9.02. The molecule has 1 saturated heterocycles. The van der Waals surface area contributed by atoms with Crippen LogP contribution in [0.2, 0.25) is 0 Å². The maximum Gasteiger partial charge on any atom is 0.325 e. The smallest absolute Gasteiger partial charge is 0.325 e. The van der Waals surface area contributed by atoms with Crippen LogP contribution in [0.1, 0.15) is 31.4 Å². The van der Waals surface area contributed by atoms with Crippen LogP contribution in [-0.4, -0.2) is 61.5 Å². The minimum Gasteiger partial charge on any atom is -0.454 e. The van der Waals surface area contributed by atoms with Crippen LogP contribution in [0, 0.1) is 19.8 Å². The Balaban J connectivity index is 2.12. The van der Waals surface area contributed by atoms with Crippen molar-refractivity contribution in [3.63, 3.8) is 0 Å². The van der Waals surface area contributed by atoms with Crippen LogP contribution in [0.25, 0.3) is 0 Å². The lowest BCUT2D eigenvalue weighted by atomic mass is 10.1. The van der Waals surface area contributed by atoms with E-state index < -0.39 is 40.7 Å². The van der Waals surface area contributed by atoms with Gasteiger partial charge in [0.2, 0.25) is 10.0 Å². The largest absolute Gasteiger partial charge is 0.454 e. The highest BCUT2D eigenvalue weighted by atomic mass is 32.2. The average Bonchev–Trinajstić information content (AvgIpc) is 3.02. The van der Waals surface area contributed by atoms with Crippen molar-refractivity contribution in [2.45, 2.75) is 51.2 Å². The van der Waals surface area contributed by atoms with E-state index in [1.54, 1.807) is 13.0 Å². The van der Waals surface area contributed by atoms with Crippen LogP contribution >= 0.6 is 0 Å². The molecule has 1 aromatic carbocycles. The normalized spacial score (nSPS) is 20.4. The molecule has 0 unspecified atom stereocenters. The number of ether oxygens (including phenoxy) is 1. The molecule has 0 bridgehead atoms. The molecule has 0 saturated carbocycles. The Kier molecular flexibility index (Phi) is 7.19. The standard InChI is InChI=1S/C19H28N2O6S/c1-12(2)9-20-18(23)11-27-19(24)17-8-15(22)10-21(17)28(25,26)16-6-5-13(3)14(4)7-16/h5-7,12,15,17,22H,8-11H2,1-4H3,(H,20,23)/t15-,17-/m0/s1. The topological polar surface area (TPSA) is 113 Å². The fourth-order valence-electron chi connectivity index (χ4n) is 2.88. The Bertz CT molecular complexity index is 837. The summed E-state index contributed by atoms with van der Waals surface area (Å²) in [5.41, 5.74) is 1.76. The van der Waals surface area contributed by atoms with Crippen molar-refractivity contribution in [2.75, 3.05) is 19.7 Å². The number of aliphatic hydroxyl groups is 1. The maximum atomic E-state index is 13.0. The van der Waals surface area contributed by atoms with E-state index in [2.05, 4.69) is 5.32 Å². The molecule has 1 aliphatic rings. The quantitative estimate of drug-likeness (QED) is 0.639. The average molecular weight is 413 g/mol. The summed E-state index contributed by atoms with van der Waals surface area (Å²) < 4.78 is 32.0. The number of amides is 1. The van der Waals surface area contributed by atoms with E-state index in [0.29, 0.717) is 6.54 Å². The molecule has 1 fully saturated rings. The number of hydrogen-bond donors (Lipinski definition) is 2. The van der Waals surface area contributed by atoms with Gasteiger partial charge in [0, 0.05) is 19.5 Å². The van der Waals surface area contributed by atoms with Gasteiger partial charge in [0.15, 0.2) is 6.61 Å². The van der Waals surface area contributed by atoms with Crippen molar-refractivity contribution < 1.29 is 27.9 Å². The highest BCUT2D eigenvalue weighted by Gasteiger charge is 2.44. The van der Waals surface area contributed by atoms with E-state index in [4.69, 9.17) is 4.74 Å². The van der Waals surface area contributed by atoms with Crippen LogP contribution in [0.5, 0.6) is 0 Å². The number of rotatable bonds is 7. The van der Waals surface area contributed by atoms with Gasteiger partial charge in [-0.15, -0.1) is 0 Å². The number of β-amino-alcohol motifs (C(OH)–C–C–N with tert-alkyl or cyclic N) is 1. The molecule has 0 spiro atoms. The number of aryl methyl sites for hydroxylation is 2. The number of nitrogens with one attached hydrogen (secondary N) is 1. The van der Waals surface area contributed by atoms with E-state index in [-0.39, 0.29) is 23.8 Å². The molecule has 2 rings (SSSR count).